The van der Waals surface area contributed by atoms with Crippen molar-refractivity contribution in [2.45, 2.75) is 12.6 Å². The van der Waals surface area contributed by atoms with E-state index in [1.807, 2.05) is 18.2 Å². The Morgan fingerprint density at radius 1 is 1.30 bits per heavy atom. The number of aliphatic carboxylic acids is 1. The zero-order valence-corrected chi connectivity index (χ0v) is 16.2. The van der Waals surface area contributed by atoms with Crippen LogP contribution in [0, 0.1) is 0 Å². The summed E-state index contributed by atoms with van der Waals surface area (Å²) in [5, 5.41) is 13.8. The van der Waals surface area contributed by atoms with Crippen molar-refractivity contribution in [3.63, 3.8) is 0 Å². The first kappa shape index (κ1) is 21.0. The molecular formula is C17H15BrF3N3O2S. The van der Waals surface area contributed by atoms with E-state index < -0.39 is 12.1 Å². The molecule has 3 rings (SSSR count). The number of nitrogens with one attached hydrogen (secondary N) is 1. The average molecular weight is 462 g/mol. The van der Waals surface area contributed by atoms with E-state index in [1.165, 1.54) is 4.88 Å². The molecule has 10 heteroatoms. The molecule has 0 fully saturated rings. The van der Waals surface area contributed by atoms with Crippen LogP contribution in [0.3, 0.4) is 0 Å². The number of hydrogen-bond donors (Lipinski definition) is 3. The normalized spacial score (nSPS) is 11.0. The second-order valence-electron chi connectivity index (χ2n) is 5.32. The molecule has 27 heavy (non-hydrogen) atoms. The Balaban J connectivity index is 0.000000321. The number of thiophene rings is 1. The van der Waals surface area contributed by atoms with Crippen molar-refractivity contribution >= 4 is 55.6 Å². The Morgan fingerprint density at radius 3 is 2.59 bits per heavy atom. The van der Waals surface area contributed by atoms with Crippen molar-refractivity contribution in [3.05, 3.63) is 51.1 Å². The molecule has 2 aromatic heterocycles. The number of hydrogen-bond acceptors (Lipinski definition) is 5. The summed E-state index contributed by atoms with van der Waals surface area (Å²) in [5.41, 5.74) is 7.82. The van der Waals surface area contributed by atoms with Crippen LogP contribution in [0.15, 0.2) is 46.3 Å². The number of carboxylic acids is 1. The molecule has 0 spiro atoms. The lowest BCUT2D eigenvalue weighted by atomic mass is 10.2. The van der Waals surface area contributed by atoms with Crippen molar-refractivity contribution < 1.29 is 23.1 Å². The summed E-state index contributed by atoms with van der Waals surface area (Å²) in [6.45, 7) is 0.884. The van der Waals surface area contributed by atoms with Gasteiger partial charge in [-0.25, -0.2) is 9.78 Å². The largest absolute Gasteiger partial charge is 0.490 e. The second kappa shape index (κ2) is 9.05. The molecular weight excluding hydrogens is 447 g/mol. The quantitative estimate of drug-likeness (QED) is 0.512. The Morgan fingerprint density at radius 2 is 2.00 bits per heavy atom. The summed E-state index contributed by atoms with van der Waals surface area (Å²) >= 11 is 5.24. The number of rotatable bonds is 4. The van der Waals surface area contributed by atoms with Gasteiger partial charge in [-0.05, 0) is 36.1 Å². The summed E-state index contributed by atoms with van der Waals surface area (Å²) in [5.74, 6) is -2.22. The van der Waals surface area contributed by atoms with Crippen molar-refractivity contribution in [2.75, 3.05) is 17.6 Å². The standard InChI is InChI=1S/C15H14BrN3S.C2HF3O2/c16-10-3-4-12-13(9-15(17)19-14(12)8-10)18-6-5-11-2-1-7-20-11;3-2(4,5)1(6)7/h1-4,7-9H,5-6H2,(H3,17,18,19);(H,6,7). The number of fused-ring (bicyclic) bond motifs is 1. The van der Waals surface area contributed by atoms with Crippen molar-refractivity contribution in [2.24, 2.45) is 0 Å². The number of pyridine rings is 1. The minimum atomic E-state index is -5.08. The summed E-state index contributed by atoms with van der Waals surface area (Å²) in [6.07, 6.45) is -4.07. The van der Waals surface area contributed by atoms with Crippen LogP contribution in [-0.2, 0) is 11.2 Å². The van der Waals surface area contributed by atoms with Crippen LogP contribution >= 0.6 is 27.3 Å². The first-order valence-electron chi connectivity index (χ1n) is 7.59. The highest BCUT2D eigenvalue weighted by Crippen LogP contribution is 2.27. The number of carbonyl (C=O) groups is 1. The van der Waals surface area contributed by atoms with Crippen LogP contribution in [-0.4, -0.2) is 28.8 Å². The third kappa shape index (κ3) is 6.40. The molecule has 0 aliphatic carbocycles. The maximum atomic E-state index is 10.6. The third-order valence-corrected chi connectivity index (χ3v) is 4.73. The van der Waals surface area contributed by atoms with E-state index in [0.29, 0.717) is 5.82 Å². The number of nitrogens with zero attached hydrogens (tertiary/aromatic N) is 1. The number of nitrogen functional groups attached to an aromatic ring is 1. The highest BCUT2D eigenvalue weighted by atomic mass is 79.9. The molecule has 0 aliphatic rings. The average Bonchev–Trinajstić information content (AvgIpc) is 3.07. The highest BCUT2D eigenvalue weighted by Gasteiger charge is 2.38. The maximum Gasteiger partial charge on any atom is 0.490 e. The molecule has 0 saturated carbocycles. The molecule has 0 unspecified atom stereocenters. The topological polar surface area (TPSA) is 88.2 Å². The predicted octanol–water partition coefficient (Wildman–Crippen LogP) is 4.93. The van der Waals surface area contributed by atoms with Crippen molar-refractivity contribution in [3.8, 4) is 0 Å². The molecule has 1 aromatic carbocycles. The molecule has 0 radical (unpaired) electrons. The molecule has 2 heterocycles. The molecule has 0 amide bonds. The van der Waals surface area contributed by atoms with Crippen LogP contribution in [0.5, 0.6) is 0 Å². The van der Waals surface area contributed by atoms with E-state index in [1.54, 1.807) is 11.3 Å². The van der Waals surface area contributed by atoms with Gasteiger partial charge < -0.3 is 16.2 Å². The Hall–Kier alpha value is -2.33. The van der Waals surface area contributed by atoms with Gasteiger partial charge in [-0.3, -0.25) is 0 Å². The highest BCUT2D eigenvalue weighted by molar-refractivity contribution is 9.10. The first-order chi connectivity index (χ1) is 12.7. The fraction of sp³-hybridized carbons (Fsp3) is 0.176. The number of aromatic nitrogens is 1. The van der Waals surface area contributed by atoms with Gasteiger partial charge in [0.15, 0.2) is 0 Å². The molecule has 5 nitrogen and oxygen atoms in total. The zero-order valence-electron chi connectivity index (χ0n) is 13.8. The molecule has 3 aromatic rings. The van der Waals surface area contributed by atoms with Crippen LogP contribution < -0.4 is 11.1 Å². The summed E-state index contributed by atoms with van der Waals surface area (Å²) in [6, 6.07) is 12.2. The summed E-state index contributed by atoms with van der Waals surface area (Å²) < 4.78 is 32.7. The van der Waals surface area contributed by atoms with Crippen molar-refractivity contribution in [1.82, 2.24) is 4.98 Å². The van der Waals surface area contributed by atoms with E-state index in [2.05, 4.69) is 49.8 Å². The van der Waals surface area contributed by atoms with Gasteiger partial charge in [0.1, 0.15) is 5.82 Å². The van der Waals surface area contributed by atoms with Crippen molar-refractivity contribution in [1.29, 1.82) is 0 Å². The number of anilines is 2. The monoisotopic (exact) mass is 461 g/mol. The fourth-order valence-electron chi connectivity index (χ4n) is 2.14. The van der Waals surface area contributed by atoms with Gasteiger partial charge in [0, 0.05) is 33.0 Å². The molecule has 0 aliphatic heterocycles. The maximum absolute atomic E-state index is 10.6. The summed E-state index contributed by atoms with van der Waals surface area (Å²) in [7, 11) is 0. The van der Waals surface area contributed by atoms with Gasteiger partial charge in [0.25, 0.3) is 0 Å². The minimum absolute atomic E-state index is 0.536. The van der Waals surface area contributed by atoms with Gasteiger partial charge in [0.2, 0.25) is 0 Å². The lowest BCUT2D eigenvalue weighted by Crippen LogP contribution is -2.21. The van der Waals surface area contributed by atoms with Gasteiger partial charge >= 0.3 is 12.1 Å². The molecule has 0 saturated heterocycles. The molecule has 144 valence electrons. The van der Waals surface area contributed by atoms with Crippen LogP contribution in [0.1, 0.15) is 4.88 Å². The van der Waals surface area contributed by atoms with E-state index >= 15 is 0 Å². The molecule has 0 atom stereocenters. The predicted molar refractivity (Wildman–Crippen MR) is 104 cm³/mol. The third-order valence-electron chi connectivity index (χ3n) is 3.30. The van der Waals surface area contributed by atoms with E-state index in [-0.39, 0.29) is 0 Å². The first-order valence-corrected chi connectivity index (χ1v) is 9.26. The van der Waals surface area contributed by atoms with Crippen LogP contribution in [0.25, 0.3) is 10.9 Å². The van der Waals surface area contributed by atoms with Crippen LogP contribution in [0.4, 0.5) is 24.7 Å². The summed E-state index contributed by atoms with van der Waals surface area (Å²) in [4.78, 5) is 14.6. The Bertz CT molecular complexity index is 912. The Kier molecular flexibility index (Phi) is 7.03. The number of nitrogens with two attached hydrogens (primary N) is 1. The number of alkyl halides is 3. The zero-order chi connectivity index (χ0) is 20.0. The number of carboxylic acid groups (broad SMARTS) is 1. The minimum Gasteiger partial charge on any atom is -0.475 e. The molecule has 4 N–H and O–H groups in total. The Labute approximate surface area is 165 Å². The SMILES string of the molecule is Nc1cc(NCCc2cccs2)c2ccc(Br)cc2n1.O=C(O)C(F)(F)F. The lowest BCUT2D eigenvalue weighted by Gasteiger charge is -2.10. The van der Waals surface area contributed by atoms with Crippen LogP contribution in [0.2, 0.25) is 0 Å². The van der Waals surface area contributed by atoms with Gasteiger partial charge in [-0.1, -0.05) is 22.0 Å². The number of halogens is 4. The van der Waals surface area contributed by atoms with E-state index in [0.717, 1.165) is 34.0 Å². The van der Waals surface area contributed by atoms with E-state index in [9.17, 15) is 13.2 Å². The fourth-order valence-corrected chi connectivity index (χ4v) is 3.20. The smallest absolute Gasteiger partial charge is 0.475 e. The van der Waals surface area contributed by atoms with E-state index in [4.69, 9.17) is 15.6 Å². The number of benzene rings is 1. The van der Waals surface area contributed by atoms with Gasteiger partial charge in [-0.2, -0.15) is 13.2 Å². The second-order valence-corrected chi connectivity index (χ2v) is 7.26. The van der Waals surface area contributed by atoms with Gasteiger partial charge in [-0.15, -0.1) is 11.3 Å². The van der Waals surface area contributed by atoms with Gasteiger partial charge in [0.05, 0.1) is 5.52 Å². The lowest BCUT2D eigenvalue weighted by molar-refractivity contribution is -0.192. The molecule has 0 bridgehead atoms.